The second kappa shape index (κ2) is 12.1. The molecule has 5 rings (SSSR count). The van der Waals surface area contributed by atoms with Gasteiger partial charge in [0.1, 0.15) is 11.6 Å². The van der Waals surface area contributed by atoms with Crippen LogP contribution in [0.25, 0.3) is 0 Å². The van der Waals surface area contributed by atoms with Gasteiger partial charge in [0.05, 0.1) is 24.6 Å². The summed E-state index contributed by atoms with van der Waals surface area (Å²) in [7, 11) is 0. The van der Waals surface area contributed by atoms with Crippen LogP contribution in [0.3, 0.4) is 0 Å². The number of rotatable bonds is 11. The molecule has 1 amide bonds. The largest absolute Gasteiger partial charge is 0.399 e. The molecule has 190 valence electrons. The number of aromatic nitrogens is 2. The molecule has 1 heterocycles. The summed E-state index contributed by atoms with van der Waals surface area (Å²) in [4.78, 5) is 22.4. The molecule has 9 heteroatoms. The zero-order valence-electron chi connectivity index (χ0n) is 20.1. The topological polar surface area (TPSA) is 79.5 Å². The quantitative estimate of drug-likeness (QED) is 0.147. The number of hydroxylamine groups is 1. The van der Waals surface area contributed by atoms with E-state index in [9.17, 15) is 9.18 Å². The predicted molar refractivity (Wildman–Crippen MR) is 141 cm³/mol. The van der Waals surface area contributed by atoms with Crippen molar-refractivity contribution < 1.29 is 17.7 Å². The first-order chi connectivity index (χ1) is 18.2. The zero-order chi connectivity index (χ0) is 25.5. The van der Waals surface area contributed by atoms with Gasteiger partial charge in [0.25, 0.3) is 0 Å². The average Bonchev–Trinajstić information content (AvgIpc) is 3.60. The second-order valence-corrected chi connectivity index (χ2v) is 9.29. The maximum absolute atomic E-state index is 13.4. The van der Waals surface area contributed by atoms with Gasteiger partial charge in [-0.05, 0) is 72.4 Å². The molecule has 2 N–H and O–H groups in total. The van der Waals surface area contributed by atoms with Crippen molar-refractivity contribution in [3.63, 3.8) is 0 Å². The van der Waals surface area contributed by atoms with E-state index >= 15 is 0 Å². The monoisotopic (exact) mass is 518 g/mol. The van der Waals surface area contributed by atoms with Crippen LogP contribution in [0.1, 0.15) is 41.3 Å². The fourth-order valence-electron chi connectivity index (χ4n) is 4.40. The number of nitrogens with zero attached hydrogens (tertiary/aromatic N) is 2. The van der Waals surface area contributed by atoms with Gasteiger partial charge in [-0.25, -0.2) is 9.37 Å². The lowest BCUT2D eigenvalue weighted by atomic mass is 10.1. The second-order valence-electron chi connectivity index (χ2n) is 8.82. The molecule has 1 aliphatic rings. The Morgan fingerprint density at radius 3 is 2.76 bits per heavy atom. The van der Waals surface area contributed by atoms with E-state index in [1.807, 2.05) is 36.4 Å². The lowest BCUT2D eigenvalue weighted by Crippen LogP contribution is -2.31. The molecular formula is C28H27FN4O3S. The molecule has 0 saturated carbocycles. The van der Waals surface area contributed by atoms with Crippen molar-refractivity contribution in [2.75, 3.05) is 4.90 Å². The van der Waals surface area contributed by atoms with Crippen LogP contribution in [0, 0.1) is 5.82 Å². The zero-order valence-corrected chi connectivity index (χ0v) is 20.9. The number of benzene rings is 3. The fourth-order valence-corrected chi connectivity index (χ4v) is 4.78. The van der Waals surface area contributed by atoms with E-state index in [1.54, 1.807) is 17.4 Å². The van der Waals surface area contributed by atoms with Crippen molar-refractivity contribution in [3.8, 4) is 5.75 Å². The Kier molecular flexibility index (Phi) is 8.15. The number of imidazole rings is 1. The highest BCUT2D eigenvalue weighted by Gasteiger charge is 2.26. The van der Waals surface area contributed by atoms with Crippen LogP contribution in [0.5, 0.6) is 5.75 Å². The minimum atomic E-state index is -0.324. The summed E-state index contributed by atoms with van der Waals surface area (Å²) < 4.78 is 24.0. The molecule has 1 aromatic heterocycles. The van der Waals surface area contributed by atoms with Gasteiger partial charge in [-0.1, -0.05) is 36.4 Å². The number of aryl methyl sites for hydroxylation is 2. The van der Waals surface area contributed by atoms with Crippen LogP contribution in [0.2, 0.25) is 0 Å². The standard InChI is InChI=1S/C28H27FN4O3S/c29-22-9-12-25(13-10-22)35-37-36-32-27-14-8-21-7-11-24(16-26(21)27)33(18-23-17-30-19-31-23)28(34)15-6-20-4-2-1-3-5-20/h1-5,7,9-13,16-17,19,27,32H,6,8,14-15,18H2,(H,30,31). The number of hydrogen-bond donors (Lipinski definition) is 2. The first kappa shape index (κ1) is 25.0. The maximum atomic E-state index is 13.4. The Morgan fingerprint density at radius 2 is 1.97 bits per heavy atom. The lowest BCUT2D eigenvalue weighted by Gasteiger charge is -2.24. The van der Waals surface area contributed by atoms with Gasteiger partial charge in [0.15, 0.2) is 0 Å². The number of carbonyl (C=O) groups excluding carboxylic acids is 1. The van der Waals surface area contributed by atoms with E-state index in [-0.39, 0.29) is 17.8 Å². The van der Waals surface area contributed by atoms with E-state index in [2.05, 4.69) is 27.6 Å². The normalized spacial score (nSPS) is 14.4. The Morgan fingerprint density at radius 1 is 1.14 bits per heavy atom. The van der Waals surface area contributed by atoms with Crippen molar-refractivity contribution in [2.24, 2.45) is 0 Å². The number of H-pyrrole nitrogens is 1. The number of anilines is 1. The van der Waals surface area contributed by atoms with E-state index in [4.69, 9.17) is 8.47 Å². The summed E-state index contributed by atoms with van der Waals surface area (Å²) >= 11 is 0.787. The Labute approximate surface area is 219 Å². The summed E-state index contributed by atoms with van der Waals surface area (Å²) in [5, 5.41) is 0. The van der Waals surface area contributed by atoms with Gasteiger partial charge in [0.2, 0.25) is 18.2 Å². The highest BCUT2D eigenvalue weighted by molar-refractivity contribution is 7.90. The molecule has 3 aromatic carbocycles. The maximum Gasteiger partial charge on any atom is 0.244 e. The van der Waals surface area contributed by atoms with Crippen molar-refractivity contribution in [3.05, 3.63) is 114 Å². The summed E-state index contributed by atoms with van der Waals surface area (Å²) in [6, 6.07) is 21.8. The Balaban J connectivity index is 1.26. The summed E-state index contributed by atoms with van der Waals surface area (Å²) in [6.07, 6.45) is 6.20. The number of carbonyl (C=O) groups is 1. The number of fused-ring (bicyclic) bond motifs is 1. The first-order valence-electron chi connectivity index (χ1n) is 12.1. The van der Waals surface area contributed by atoms with Crippen LogP contribution >= 0.6 is 12.3 Å². The van der Waals surface area contributed by atoms with E-state index in [0.29, 0.717) is 25.1 Å². The molecule has 0 aliphatic heterocycles. The molecule has 37 heavy (non-hydrogen) atoms. The fraction of sp³-hybridized carbons (Fsp3) is 0.214. The summed E-state index contributed by atoms with van der Waals surface area (Å²) in [5.41, 5.74) is 8.18. The molecular weight excluding hydrogens is 491 g/mol. The summed E-state index contributed by atoms with van der Waals surface area (Å²) in [5.74, 6) is 0.209. The number of hydrogen-bond acceptors (Lipinski definition) is 6. The van der Waals surface area contributed by atoms with Crippen LogP contribution in [-0.2, 0) is 28.5 Å². The smallest absolute Gasteiger partial charge is 0.244 e. The molecule has 1 unspecified atom stereocenters. The van der Waals surface area contributed by atoms with Gasteiger partial charge in [-0.3, -0.25) is 4.79 Å². The van der Waals surface area contributed by atoms with Crippen molar-refractivity contribution >= 4 is 23.9 Å². The Hall–Kier alpha value is -3.66. The minimum absolute atomic E-state index is 0.0420. The number of nitrogens with one attached hydrogen (secondary N) is 2. The molecule has 0 fully saturated rings. The molecule has 4 aromatic rings. The third-order valence-corrected chi connectivity index (χ3v) is 6.77. The van der Waals surface area contributed by atoms with Crippen molar-refractivity contribution in [2.45, 2.75) is 38.3 Å². The van der Waals surface area contributed by atoms with E-state index in [0.717, 1.165) is 47.7 Å². The number of aromatic amines is 1. The SMILES string of the molecule is O=C(CCc1ccccc1)N(Cc1cnc[nH]1)c1ccc2c(c1)C(NOSOc1ccc(F)cc1)CC2. The number of halogens is 1. The van der Waals surface area contributed by atoms with Gasteiger partial charge in [-0.2, -0.15) is 9.76 Å². The lowest BCUT2D eigenvalue weighted by molar-refractivity contribution is -0.118. The van der Waals surface area contributed by atoms with Crippen molar-refractivity contribution in [1.29, 1.82) is 0 Å². The van der Waals surface area contributed by atoms with Gasteiger partial charge in [0, 0.05) is 18.3 Å². The van der Waals surface area contributed by atoms with E-state index < -0.39 is 0 Å². The molecule has 0 spiro atoms. The summed E-state index contributed by atoms with van der Waals surface area (Å²) in [6.45, 7) is 0.405. The number of amides is 1. The highest BCUT2D eigenvalue weighted by Crippen LogP contribution is 2.35. The molecule has 7 nitrogen and oxygen atoms in total. The average molecular weight is 519 g/mol. The van der Waals surface area contributed by atoms with Crippen LogP contribution < -0.4 is 14.6 Å². The molecule has 0 bridgehead atoms. The van der Waals surface area contributed by atoms with Crippen LogP contribution in [0.4, 0.5) is 10.1 Å². The predicted octanol–water partition coefficient (Wildman–Crippen LogP) is 5.87. The highest BCUT2D eigenvalue weighted by atomic mass is 32.2. The van der Waals surface area contributed by atoms with E-state index in [1.165, 1.54) is 29.8 Å². The minimum Gasteiger partial charge on any atom is -0.399 e. The van der Waals surface area contributed by atoms with Gasteiger partial charge in [-0.15, -0.1) is 0 Å². The molecule has 1 aliphatic carbocycles. The van der Waals surface area contributed by atoms with Crippen LogP contribution in [-0.4, -0.2) is 15.9 Å². The molecule has 0 saturated heterocycles. The third kappa shape index (κ3) is 6.56. The van der Waals surface area contributed by atoms with Gasteiger partial charge < -0.3 is 14.1 Å². The Bertz CT molecular complexity index is 1300. The third-order valence-electron chi connectivity index (χ3n) is 6.34. The van der Waals surface area contributed by atoms with Crippen molar-refractivity contribution in [1.82, 2.24) is 15.4 Å². The molecule has 1 atom stereocenters. The molecule has 0 radical (unpaired) electrons. The van der Waals surface area contributed by atoms with Gasteiger partial charge >= 0.3 is 0 Å². The van der Waals surface area contributed by atoms with Crippen LogP contribution in [0.15, 0.2) is 85.3 Å². The first-order valence-corrected chi connectivity index (χ1v) is 12.8.